The summed E-state index contributed by atoms with van der Waals surface area (Å²) < 4.78 is 2.33. The number of nitriles is 1. The molecule has 0 N–H and O–H groups in total. The monoisotopic (exact) mass is 263 g/mol. The number of hydrogen-bond acceptors (Lipinski definition) is 2. The fourth-order valence-electron chi connectivity index (χ4n) is 3.42. The van der Waals surface area contributed by atoms with Crippen LogP contribution >= 0.6 is 0 Å². The van der Waals surface area contributed by atoms with E-state index < -0.39 is 0 Å². The molecule has 1 aromatic heterocycles. The fourth-order valence-corrected chi connectivity index (χ4v) is 3.42. The first-order chi connectivity index (χ1) is 9.86. The van der Waals surface area contributed by atoms with Crippen LogP contribution in [-0.2, 0) is 6.42 Å². The Bertz CT molecular complexity index is 689. The zero-order valence-corrected chi connectivity index (χ0v) is 11.4. The number of fused-ring (bicyclic) bond motifs is 1. The molecule has 2 aliphatic rings. The Hall–Kier alpha value is -2.08. The van der Waals surface area contributed by atoms with E-state index >= 15 is 0 Å². The van der Waals surface area contributed by atoms with Crippen molar-refractivity contribution < 1.29 is 0 Å². The Morgan fingerprint density at radius 3 is 2.90 bits per heavy atom. The van der Waals surface area contributed by atoms with Gasteiger partial charge in [0.2, 0.25) is 0 Å². The van der Waals surface area contributed by atoms with Crippen molar-refractivity contribution in [1.82, 2.24) is 9.55 Å². The molecule has 20 heavy (non-hydrogen) atoms. The lowest BCUT2D eigenvalue weighted by Gasteiger charge is -2.28. The molecule has 1 unspecified atom stereocenters. The van der Waals surface area contributed by atoms with Gasteiger partial charge in [0.05, 0.1) is 24.0 Å². The first kappa shape index (κ1) is 11.7. The molecule has 0 saturated heterocycles. The predicted molar refractivity (Wildman–Crippen MR) is 76.4 cm³/mol. The minimum absolute atomic E-state index is 0.407. The Kier molecular flexibility index (Phi) is 2.63. The third-order valence-corrected chi connectivity index (χ3v) is 4.58. The maximum Gasteiger partial charge on any atom is 0.0991 e. The van der Waals surface area contributed by atoms with Gasteiger partial charge in [-0.05, 0) is 61.3 Å². The lowest BCUT2D eigenvalue weighted by molar-refractivity contribution is 0.455. The zero-order chi connectivity index (χ0) is 13.5. The smallest absolute Gasteiger partial charge is 0.0991 e. The van der Waals surface area contributed by atoms with Crippen molar-refractivity contribution in [2.24, 2.45) is 0 Å². The van der Waals surface area contributed by atoms with Gasteiger partial charge in [0, 0.05) is 11.9 Å². The highest BCUT2D eigenvalue weighted by atomic mass is 15.1. The van der Waals surface area contributed by atoms with Gasteiger partial charge < -0.3 is 4.57 Å². The standard InChI is InChI=1S/C17H17N3/c18-9-12-4-7-15(16(8-12)13-5-6-13)17-3-1-2-14-10-19-11-20(14)17/h4,7-8,10-11,13,17H,1-3,5-6H2. The first-order valence-electron chi connectivity index (χ1n) is 7.41. The van der Waals surface area contributed by atoms with Crippen LogP contribution in [0, 0.1) is 11.3 Å². The van der Waals surface area contributed by atoms with E-state index in [0.29, 0.717) is 12.0 Å². The van der Waals surface area contributed by atoms with Gasteiger partial charge in [0.25, 0.3) is 0 Å². The molecule has 4 rings (SSSR count). The van der Waals surface area contributed by atoms with E-state index in [0.717, 1.165) is 12.0 Å². The summed E-state index contributed by atoms with van der Waals surface area (Å²) in [5, 5.41) is 9.12. The van der Waals surface area contributed by atoms with Gasteiger partial charge in [-0.2, -0.15) is 5.26 Å². The lowest BCUT2D eigenvalue weighted by Crippen LogP contribution is -2.19. The van der Waals surface area contributed by atoms with Crippen molar-refractivity contribution in [1.29, 1.82) is 5.26 Å². The van der Waals surface area contributed by atoms with Crippen LogP contribution in [0.4, 0.5) is 0 Å². The summed E-state index contributed by atoms with van der Waals surface area (Å²) >= 11 is 0. The molecule has 0 bridgehead atoms. The normalized spacial score (nSPS) is 21.2. The first-order valence-corrected chi connectivity index (χ1v) is 7.41. The molecule has 1 aliphatic heterocycles. The highest BCUT2D eigenvalue weighted by molar-refractivity contribution is 5.43. The average Bonchev–Trinajstić information content (AvgIpc) is 3.23. The van der Waals surface area contributed by atoms with Crippen molar-refractivity contribution in [2.45, 2.75) is 44.1 Å². The predicted octanol–water partition coefficient (Wildman–Crippen LogP) is 3.56. The van der Waals surface area contributed by atoms with Crippen LogP contribution in [0.25, 0.3) is 0 Å². The third-order valence-electron chi connectivity index (χ3n) is 4.58. The van der Waals surface area contributed by atoms with E-state index in [1.807, 2.05) is 18.6 Å². The van der Waals surface area contributed by atoms with E-state index in [1.165, 1.54) is 42.5 Å². The maximum absolute atomic E-state index is 9.12. The van der Waals surface area contributed by atoms with Crippen molar-refractivity contribution in [3.05, 3.63) is 53.1 Å². The van der Waals surface area contributed by atoms with Crippen LogP contribution in [0.15, 0.2) is 30.7 Å². The molecule has 2 aromatic rings. The van der Waals surface area contributed by atoms with Crippen LogP contribution in [0.3, 0.4) is 0 Å². The largest absolute Gasteiger partial charge is 0.327 e. The van der Waals surface area contributed by atoms with Gasteiger partial charge in [-0.3, -0.25) is 0 Å². The van der Waals surface area contributed by atoms with E-state index in [-0.39, 0.29) is 0 Å². The van der Waals surface area contributed by atoms with Crippen molar-refractivity contribution in [2.75, 3.05) is 0 Å². The Morgan fingerprint density at radius 2 is 2.10 bits per heavy atom. The van der Waals surface area contributed by atoms with Crippen LogP contribution in [0.2, 0.25) is 0 Å². The van der Waals surface area contributed by atoms with Gasteiger partial charge in [-0.25, -0.2) is 4.98 Å². The Labute approximate surface area is 118 Å². The summed E-state index contributed by atoms with van der Waals surface area (Å²) in [6.07, 6.45) is 10.0. The van der Waals surface area contributed by atoms with Crippen LogP contribution < -0.4 is 0 Å². The van der Waals surface area contributed by atoms with Gasteiger partial charge in [0.1, 0.15) is 0 Å². The quantitative estimate of drug-likeness (QED) is 0.831. The highest BCUT2D eigenvalue weighted by Gasteiger charge is 2.30. The number of aromatic nitrogens is 2. The molecule has 0 spiro atoms. The molecule has 1 atom stereocenters. The molecule has 100 valence electrons. The number of benzene rings is 1. The summed E-state index contributed by atoms with van der Waals surface area (Å²) in [7, 11) is 0. The third kappa shape index (κ3) is 1.84. The molecule has 3 nitrogen and oxygen atoms in total. The Balaban J connectivity index is 1.82. The number of hydrogen-bond donors (Lipinski definition) is 0. The second-order valence-electron chi connectivity index (χ2n) is 5.93. The van der Waals surface area contributed by atoms with E-state index in [2.05, 4.69) is 27.8 Å². The average molecular weight is 263 g/mol. The number of imidazole rings is 1. The summed E-state index contributed by atoms with van der Waals surface area (Å²) in [5.41, 5.74) is 4.94. The van der Waals surface area contributed by atoms with Crippen LogP contribution in [0.1, 0.15) is 60.0 Å². The lowest BCUT2D eigenvalue weighted by atomic mass is 9.90. The number of rotatable bonds is 2. The van der Waals surface area contributed by atoms with Gasteiger partial charge >= 0.3 is 0 Å². The molecule has 2 heterocycles. The summed E-state index contributed by atoms with van der Waals surface area (Å²) in [6, 6.07) is 8.93. The van der Waals surface area contributed by atoms with E-state index in [1.54, 1.807) is 0 Å². The van der Waals surface area contributed by atoms with Gasteiger partial charge in [0.15, 0.2) is 0 Å². The minimum Gasteiger partial charge on any atom is -0.327 e. The van der Waals surface area contributed by atoms with Crippen LogP contribution in [-0.4, -0.2) is 9.55 Å². The topological polar surface area (TPSA) is 41.6 Å². The molecule has 1 aromatic carbocycles. The van der Waals surface area contributed by atoms with Crippen molar-refractivity contribution in [3.8, 4) is 6.07 Å². The molecule has 3 heteroatoms. The highest BCUT2D eigenvalue weighted by Crippen LogP contribution is 2.45. The SMILES string of the molecule is N#Cc1ccc(C2CCCc3cncn32)c(C2CC2)c1. The van der Waals surface area contributed by atoms with E-state index in [4.69, 9.17) is 5.26 Å². The Morgan fingerprint density at radius 1 is 1.20 bits per heavy atom. The summed E-state index contributed by atoms with van der Waals surface area (Å²) in [4.78, 5) is 4.31. The summed E-state index contributed by atoms with van der Waals surface area (Å²) in [6.45, 7) is 0. The molecular weight excluding hydrogens is 246 g/mol. The molecule has 1 saturated carbocycles. The maximum atomic E-state index is 9.12. The minimum atomic E-state index is 0.407. The zero-order valence-electron chi connectivity index (χ0n) is 11.4. The number of aryl methyl sites for hydroxylation is 1. The second-order valence-corrected chi connectivity index (χ2v) is 5.93. The van der Waals surface area contributed by atoms with Gasteiger partial charge in [-0.15, -0.1) is 0 Å². The van der Waals surface area contributed by atoms with Crippen molar-refractivity contribution >= 4 is 0 Å². The molecule has 1 aliphatic carbocycles. The van der Waals surface area contributed by atoms with Gasteiger partial charge in [-0.1, -0.05) is 6.07 Å². The number of nitrogens with zero attached hydrogens (tertiary/aromatic N) is 3. The van der Waals surface area contributed by atoms with E-state index in [9.17, 15) is 0 Å². The molecular formula is C17H17N3. The second kappa shape index (κ2) is 4.49. The summed E-state index contributed by atoms with van der Waals surface area (Å²) in [5.74, 6) is 0.673. The van der Waals surface area contributed by atoms with Crippen LogP contribution in [0.5, 0.6) is 0 Å². The van der Waals surface area contributed by atoms with Crippen molar-refractivity contribution in [3.63, 3.8) is 0 Å². The molecule has 1 fully saturated rings. The fraction of sp³-hybridized carbons (Fsp3) is 0.412. The molecule has 0 radical (unpaired) electrons. The molecule has 0 amide bonds.